The molecule has 4 nitrogen and oxygen atoms in total. The van der Waals surface area contributed by atoms with Crippen LogP contribution in [0, 0.1) is 11.6 Å². The van der Waals surface area contributed by atoms with Crippen LogP contribution < -0.4 is 0 Å². The van der Waals surface area contributed by atoms with Crippen molar-refractivity contribution in [1.82, 2.24) is 9.80 Å². The standard InChI is InChI=1S/C16H20F2N2O2/c1-19-11-16(22-15(19)21)6-3-8-20(9-7-16)10-12-13(17)4-2-5-14(12)18/h2,4-5H,3,6-11H2,1H3/t16-/m1/s1. The fourth-order valence-corrected chi connectivity index (χ4v) is 3.34. The molecular weight excluding hydrogens is 290 g/mol. The molecule has 0 aliphatic carbocycles. The minimum absolute atomic E-state index is 0.110. The predicted octanol–water partition coefficient (Wildman–Crippen LogP) is 2.77. The number of carbonyl (C=O) groups excluding carboxylic acids is 1. The SMILES string of the molecule is CN1C[C@]2(CCCN(Cc3c(F)cccc3F)CC2)OC1=O. The van der Waals surface area contributed by atoms with Crippen LogP contribution in [0.5, 0.6) is 0 Å². The van der Waals surface area contributed by atoms with Crippen LogP contribution in [0.25, 0.3) is 0 Å². The molecule has 0 N–H and O–H groups in total. The topological polar surface area (TPSA) is 32.8 Å². The van der Waals surface area contributed by atoms with Crippen molar-refractivity contribution in [3.63, 3.8) is 0 Å². The molecule has 22 heavy (non-hydrogen) atoms. The van der Waals surface area contributed by atoms with Crippen LogP contribution in [-0.2, 0) is 11.3 Å². The molecule has 1 atom stereocenters. The maximum atomic E-state index is 13.8. The predicted molar refractivity (Wildman–Crippen MR) is 77.3 cm³/mol. The van der Waals surface area contributed by atoms with Crippen LogP contribution in [-0.4, -0.2) is 48.2 Å². The fraction of sp³-hybridized carbons (Fsp3) is 0.562. The van der Waals surface area contributed by atoms with Gasteiger partial charge in [-0.3, -0.25) is 4.90 Å². The lowest BCUT2D eigenvalue weighted by Gasteiger charge is -2.25. The van der Waals surface area contributed by atoms with Crippen LogP contribution in [0.15, 0.2) is 18.2 Å². The average molecular weight is 310 g/mol. The van der Waals surface area contributed by atoms with Crippen molar-refractivity contribution in [3.8, 4) is 0 Å². The normalized spacial score (nSPS) is 26.3. The summed E-state index contributed by atoms with van der Waals surface area (Å²) in [6.45, 7) is 2.25. The van der Waals surface area contributed by atoms with E-state index in [0.717, 1.165) is 19.4 Å². The summed E-state index contributed by atoms with van der Waals surface area (Å²) in [5.41, 5.74) is -0.326. The highest BCUT2D eigenvalue weighted by molar-refractivity contribution is 5.70. The molecule has 0 unspecified atom stereocenters. The Labute approximate surface area is 128 Å². The molecule has 3 rings (SSSR count). The summed E-state index contributed by atoms with van der Waals surface area (Å²) in [6.07, 6.45) is 2.05. The Kier molecular flexibility index (Phi) is 4.04. The fourth-order valence-electron chi connectivity index (χ4n) is 3.34. The summed E-state index contributed by atoms with van der Waals surface area (Å²) in [6, 6.07) is 3.94. The summed E-state index contributed by atoms with van der Waals surface area (Å²) in [5.74, 6) is -1.02. The van der Waals surface area contributed by atoms with Gasteiger partial charge in [-0.1, -0.05) is 6.07 Å². The zero-order chi connectivity index (χ0) is 15.7. The van der Waals surface area contributed by atoms with Gasteiger partial charge in [-0.2, -0.15) is 0 Å². The van der Waals surface area contributed by atoms with Gasteiger partial charge >= 0.3 is 6.09 Å². The van der Waals surface area contributed by atoms with Crippen LogP contribution in [0.2, 0.25) is 0 Å². The number of amides is 1. The summed E-state index contributed by atoms with van der Waals surface area (Å²) in [4.78, 5) is 15.2. The van der Waals surface area contributed by atoms with Gasteiger partial charge in [0.25, 0.3) is 0 Å². The van der Waals surface area contributed by atoms with Gasteiger partial charge in [0.1, 0.15) is 17.2 Å². The van der Waals surface area contributed by atoms with Gasteiger partial charge in [-0.05, 0) is 31.5 Å². The Balaban J connectivity index is 1.67. The monoisotopic (exact) mass is 310 g/mol. The highest BCUT2D eigenvalue weighted by Crippen LogP contribution is 2.33. The number of benzene rings is 1. The lowest BCUT2D eigenvalue weighted by Crippen LogP contribution is -2.35. The summed E-state index contributed by atoms with van der Waals surface area (Å²) >= 11 is 0. The van der Waals surface area contributed by atoms with Crippen LogP contribution in [0.4, 0.5) is 13.6 Å². The van der Waals surface area contributed by atoms with Crippen molar-refractivity contribution < 1.29 is 18.3 Å². The van der Waals surface area contributed by atoms with Crippen LogP contribution in [0.1, 0.15) is 24.8 Å². The molecule has 2 saturated heterocycles. The second-order valence-electron chi connectivity index (χ2n) is 6.24. The van der Waals surface area contributed by atoms with E-state index in [-0.39, 0.29) is 18.2 Å². The highest BCUT2D eigenvalue weighted by atomic mass is 19.1. The molecular formula is C16H20F2N2O2. The Morgan fingerprint density at radius 1 is 1.23 bits per heavy atom. The molecule has 0 saturated carbocycles. The van der Waals surface area contributed by atoms with E-state index >= 15 is 0 Å². The molecule has 6 heteroatoms. The van der Waals surface area contributed by atoms with Crippen molar-refractivity contribution >= 4 is 6.09 Å². The van der Waals surface area contributed by atoms with Crippen molar-refractivity contribution in [3.05, 3.63) is 35.4 Å². The molecule has 0 aromatic heterocycles. The summed E-state index contributed by atoms with van der Waals surface area (Å²) < 4.78 is 33.1. The molecule has 0 radical (unpaired) electrons. The molecule has 2 heterocycles. The maximum Gasteiger partial charge on any atom is 0.410 e. The van der Waals surface area contributed by atoms with E-state index in [0.29, 0.717) is 19.5 Å². The van der Waals surface area contributed by atoms with Gasteiger partial charge in [0.05, 0.1) is 6.54 Å². The first-order chi connectivity index (χ1) is 10.5. The number of ether oxygens (including phenoxy) is 1. The molecule has 1 aromatic rings. The van der Waals surface area contributed by atoms with Gasteiger partial charge in [-0.25, -0.2) is 13.6 Å². The molecule has 1 amide bonds. The van der Waals surface area contributed by atoms with Crippen LogP contribution >= 0.6 is 0 Å². The number of likely N-dealkylation sites (N-methyl/N-ethyl adjacent to an activating group) is 1. The number of carbonyl (C=O) groups is 1. The Morgan fingerprint density at radius 2 is 1.95 bits per heavy atom. The van der Waals surface area contributed by atoms with Gasteiger partial charge in [0, 0.05) is 32.1 Å². The molecule has 2 fully saturated rings. The van der Waals surface area contributed by atoms with Gasteiger partial charge in [-0.15, -0.1) is 0 Å². The molecule has 1 spiro atoms. The first kappa shape index (κ1) is 15.2. The number of hydrogen-bond acceptors (Lipinski definition) is 3. The Morgan fingerprint density at radius 3 is 2.59 bits per heavy atom. The molecule has 2 aliphatic heterocycles. The van der Waals surface area contributed by atoms with Crippen molar-refractivity contribution in [1.29, 1.82) is 0 Å². The minimum Gasteiger partial charge on any atom is -0.441 e. The number of likely N-dealkylation sites (tertiary alicyclic amines) is 1. The lowest BCUT2D eigenvalue weighted by molar-refractivity contribution is 0.0442. The third kappa shape index (κ3) is 2.92. The van der Waals surface area contributed by atoms with E-state index in [1.165, 1.54) is 18.2 Å². The second-order valence-corrected chi connectivity index (χ2v) is 6.24. The Bertz CT molecular complexity index is 561. The van der Waals surface area contributed by atoms with Crippen LogP contribution in [0.3, 0.4) is 0 Å². The highest BCUT2D eigenvalue weighted by Gasteiger charge is 2.44. The molecule has 0 bridgehead atoms. The zero-order valence-electron chi connectivity index (χ0n) is 12.6. The summed E-state index contributed by atoms with van der Waals surface area (Å²) in [7, 11) is 1.73. The van der Waals surface area contributed by atoms with Gasteiger partial charge in [0.2, 0.25) is 0 Å². The largest absolute Gasteiger partial charge is 0.441 e. The third-order valence-corrected chi connectivity index (χ3v) is 4.57. The zero-order valence-corrected chi connectivity index (χ0v) is 12.6. The van der Waals surface area contributed by atoms with E-state index in [9.17, 15) is 13.6 Å². The maximum absolute atomic E-state index is 13.8. The van der Waals surface area contributed by atoms with Gasteiger partial charge < -0.3 is 9.64 Å². The number of halogens is 2. The summed E-state index contributed by atoms with van der Waals surface area (Å²) in [5, 5.41) is 0. The van der Waals surface area contributed by atoms with Crippen molar-refractivity contribution in [2.75, 3.05) is 26.7 Å². The quantitative estimate of drug-likeness (QED) is 0.842. The van der Waals surface area contributed by atoms with E-state index in [2.05, 4.69) is 0 Å². The van der Waals surface area contributed by atoms with Gasteiger partial charge in [0.15, 0.2) is 0 Å². The average Bonchev–Trinajstić information content (AvgIpc) is 2.63. The molecule has 2 aliphatic rings. The number of nitrogens with zero attached hydrogens (tertiary/aromatic N) is 2. The first-order valence-electron chi connectivity index (χ1n) is 7.58. The minimum atomic E-state index is -0.508. The number of hydrogen-bond donors (Lipinski definition) is 0. The molecule has 1 aromatic carbocycles. The van der Waals surface area contributed by atoms with E-state index < -0.39 is 17.2 Å². The second kappa shape index (κ2) is 5.83. The number of rotatable bonds is 2. The first-order valence-corrected chi connectivity index (χ1v) is 7.58. The Hall–Kier alpha value is -1.69. The third-order valence-electron chi connectivity index (χ3n) is 4.57. The van der Waals surface area contributed by atoms with E-state index in [1.54, 1.807) is 11.9 Å². The molecule has 120 valence electrons. The van der Waals surface area contributed by atoms with Crippen molar-refractivity contribution in [2.45, 2.75) is 31.4 Å². The van der Waals surface area contributed by atoms with Crippen molar-refractivity contribution in [2.24, 2.45) is 0 Å². The lowest BCUT2D eigenvalue weighted by atomic mass is 9.95. The van der Waals surface area contributed by atoms with E-state index in [1.807, 2.05) is 4.90 Å². The van der Waals surface area contributed by atoms with E-state index in [4.69, 9.17) is 4.74 Å². The smallest absolute Gasteiger partial charge is 0.410 e.